The molecule has 0 saturated heterocycles. The van der Waals surface area contributed by atoms with Crippen LogP contribution in [0, 0.1) is 0 Å². The van der Waals surface area contributed by atoms with E-state index in [4.69, 9.17) is 23.8 Å². The number of benzene rings is 8. The highest BCUT2D eigenvalue weighted by Crippen LogP contribution is 2.41. The minimum atomic E-state index is -0.413. The fraction of sp³-hybridized carbons (Fsp3) is 0.0556. The Morgan fingerprint density at radius 1 is 0.403 bits per heavy atom. The first-order valence-electron chi connectivity index (χ1n) is 20.9. The molecule has 8 heteroatoms. The van der Waals surface area contributed by atoms with Gasteiger partial charge in [-0.25, -0.2) is 15.0 Å². The minimum absolute atomic E-state index is 0.138. The van der Waals surface area contributed by atoms with Gasteiger partial charge in [0.2, 0.25) is 0 Å². The van der Waals surface area contributed by atoms with Gasteiger partial charge in [0, 0.05) is 38.2 Å². The van der Waals surface area contributed by atoms with E-state index >= 15 is 0 Å². The summed E-state index contributed by atoms with van der Waals surface area (Å²) in [5, 5.41) is 15.3. The second kappa shape index (κ2) is 14.9. The van der Waals surface area contributed by atoms with E-state index in [0.29, 0.717) is 11.7 Å². The Morgan fingerprint density at radius 3 is 1.76 bits per heavy atom. The van der Waals surface area contributed by atoms with Crippen LogP contribution in [0.3, 0.4) is 0 Å². The van der Waals surface area contributed by atoms with Crippen molar-refractivity contribution in [1.82, 2.24) is 16.0 Å². The quantitative estimate of drug-likeness (QED) is 0.149. The normalized spacial score (nSPS) is 17.7. The maximum atomic E-state index is 6.53. The van der Waals surface area contributed by atoms with Gasteiger partial charge in [0.05, 0.1) is 5.56 Å². The van der Waals surface area contributed by atoms with Crippen LogP contribution in [0.2, 0.25) is 0 Å². The third-order valence-electron chi connectivity index (χ3n) is 11.9. The van der Waals surface area contributed by atoms with Crippen LogP contribution in [0.1, 0.15) is 51.9 Å². The molecule has 0 fully saturated rings. The monoisotopic (exact) mass is 802 g/mol. The van der Waals surface area contributed by atoms with E-state index < -0.39 is 6.17 Å². The van der Waals surface area contributed by atoms with Gasteiger partial charge in [-0.1, -0.05) is 164 Å². The zero-order valence-corrected chi connectivity index (χ0v) is 33.4. The number of rotatable bonds is 7. The van der Waals surface area contributed by atoms with Gasteiger partial charge in [0.25, 0.3) is 0 Å². The molecule has 8 nitrogen and oxygen atoms in total. The van der Waals surface area contributed by atoms with Crippen LogP contribution in [0.15, 0.2) is 218 Å². The smallest absolute Gasteiger partial charge is 0.163 e. The molecule has 296 valence electrons. The van der Waals surface area contributed by atoms with Gasteiger partial charge in [-0.2, -0.15) is 0 Å². The van der Waals surface area contributed by atoms with Crippen molar-refractivity contribution in [3.05, 3.63) is 228 Å². The number of fused-ring (bicyclic) bond motifs is 6. The highest BCUT2D eigenvalue weighted by Gasteiger charge is 2.28. The number of hydrogen-bond donors (Lipinski definition) is 3. The zero-order chi connectivity index (χ0) is 41.0. The van der Waals surface area contributed by atoms with Crippen molar-refractivity contribution in [2.45, 2.75) is 18.5 Å². The second-order valence-corrected chi connectivity index (χ2v) is 15.6. The van der Waals surface area contributed by atoms with Crippen molar-refractivity contribution < 1.29 is 8.83 Å². The Bertz CT molecular complexity index is 3390. The molecule has 2 aliphatic rings. The summed E-state index contributed by atoms with van der Waals surface area (Å²) in [6.07, 6.45) is -0.783. The lowest BCUT2D eigenvalue weighted by molar-refractivity contribution is 0.409. The van der Waals surface area contributed by atoms with Crippen molar-refractivity contribution in [3.8, 4) is 11.1 Å². The average molecular weight is 803 g/mol. The molecule has 0 amide bonds. The van der Waals surface area contributed by atoms with Gasteiger partial charge in [-0.3, -0.25) is 5.32 Å². The van der Waals surface area contributed by atoms with Crippen molar-refractivity contribution in [1.29, 1.82) is 0 Å². The molecule has 8 aromatic carbocycles. The number of nitrogens with one attached hydrogen (secondary N) is 3. The Morgan fingerprint density at radius 2 is 1.02 bits per heavy atom. The summed E-state index contributed by atoms with van der Waals surface area (Å²) in [7, 11) is 0. The molecule has 0 radical (unpaired) electrons. The lowest BCUT2D eigenvalue weighted by Crippen LogP contribution is -2.44. The molecule has 2 aromatic heterocycles. The van der Waals surface area contributed by atoms with Crippen molar-refractivity contribution in [3.63, 3.8) is 0 Å². The highest BCUT2D eigenvalue weighted by molar-refractivity contribution is 6.23. The van der Waals surface area contributed by atoms with Crippen LogP contribution in [-0.2, 0) is 0 Å². The molecular formula is C54H38N6O2. The van der Waals surface area contributed by atoms with E-state index in [2.05, 4.69) is 143 Å². The number of aliphatic imine (C=N–C) groups is 3. The Hall–Kier alpha value is -8.07. The Kier molecular flexibility index (Phi) is 8.60. The van der Waals surface area contributed by atoms with Crippen LogP contribution in [0.25, 0.3) is 55.0 Å². The first kappa shape index (κ1) is 35.8. The number of para-hydroxylation sites is 3. The third kappa shape index (κ3) is 6.24. The largest absolute Gasteiger partial charge is 0.456 e. The molecule has 0 spiro atoms. The summed E-state index contributed by atoms with van der Waals surface area (Å²) in [6.45, 7) is 0. The van der Waals surface area contributed by atoms with Crippen molar-refractivity contribution >= 4 is 61.4 Å². The summed E-state index contributed by atoms with van der Waals surface area (Å²) < 4.78 is 13.0. The third-order valence-corrected chi connectivity index (χ3v) is 11.9. The maximum absolute atomic E-state index is 6.53. The minimum Gasteiger partial charge on any atom is -0.456 e. The van der Waals surface area contributed by atoms with Gasteiger partial charge in [-0.05, 0) is 52.6 Å². The van der Waals surface area contributed by atoms with Crippen LogP contribution < -0.4 is 16.0 Å². The second-order valence-electron chi connectivity index (χ2n) is 15.6. The summed E-state index contributed by atoms with van der Waals surface area (Å²) in [6, 6.07) is 66.5. The van der Waals surface area contributed by atoms with Gasteiger partial charge in [0.1, 0.15) is 52.5 Å². The highest BCUT2D eigenvalue weighted by atomic mass is 16.3. The molecule has 3 atom stereocenters. The standard InChI is InChI=1S/C54H38N6O2/c1-4-15-34(16-5-1)49-55-50(35-17-6-2-7-18-35)57-52(56-49)37-29-27-33(28-30-37)46-41(31-32-45-47(46)40-22-11-13-26-44(40)61-45)53-58-51(36-19-8-3-9-20-36)59-54(60-53)42-24-14-23-39-38-21-10-12-25-43(38)62-48(39)42/h1-32,49-51,55H,(H,56,57)(H,58,59,60). The van der Waals surface area contributed by atoms with Crippen LogP contribution in [0.5, 0.6) is 0 Å². The van der Waals surface area contributed by atoms with E-state index in [9.17, 15) is 0 Å². The number of amidine groups is 3. The molecule has 3 N–H and O–H groups in total. The molecule has 10 aromatic rings. The SMILES string of the molecule is c1ccc(C2N=C(c3cccc4c3oc3ccccc34)N=C(c3ccc4oc5ccccc5c4c3-c3ccc(C4=NC(c5ccccc5)NC(c5ccccc5)N4)cc3)N2)cc1. The molecule has 12 rings (SSSR count). The van der Waals surface area contributed by atoms with Crippen LogP contribution >= 0.6 is 0 Å². The molecule has 3 unspecified atom stereocenters. The first-order valence-corrected chi connectivity index (χ1v) is 20.9. The summed E-state index contributed by atoms with van der Waals surface area (Å²) in [5.74, 6) is 2.10. The number of hydrogen-bond acceptors (Lipinski definition) is 8. The summed E-state index contributed by atoms with van der Waals surface area (Å²) in [4.78, 5) is 15.8. The molecule has 0 aliphatic carbocycles. The molecule has 0 bridgehead atoms. The predicted molar refractivity (Wildman–Crippen MR) is 249 cm³/mol. The number of nitrogens with zero attached hydrogens (tertiary/aromatic N) is 3. The zero-order valence-electron chi connectivity index (χ0n) is 33.4. The van der Waals surface area contributed by atoms with Crippen molar-refractivity contribution in [2.24, 2.45) is 15.0 Å². The summed E-state index contributed by atoms with van der Waals surface area (Å²) >= 11 is 0. The molecular weight excluding hydrogens is 765 g/mol. The first-order chi connectivity index (χ1) is 30.7. The van der Waals surface area contributed by atoms with Crippen LogP contribution in [-0.4, -0.2) is 17.5 Å². The molecule has 62 heavy (non-hydrogen) atoms. The summed E-state index contributed by atoms with van der Waals surface area (Å²) in [5.41, 5.74) is 11.2. The lowest BCUT2D eigenvalue weighted by atomic mass is 9.92. The van der Waals surface area contributed by atoms with Gasteiger partial charge < -0.3 is 19.5 Å². The Balaban J connectivity index is 1.02. The van der Waals surface area contributed by atoms with Gasteiger partial charge in [-0.15, -0.1) is 0 Å². The average Bonchev–Trinajstić information content (AvgIpc) is 3.93. The van der Waals surface area contributed by atoms with E-state index in [1.807, 2.05) is 66.7 Å². The fourth-order valence-corrected chi connectivity index (χ4v) is 8.87. The van der Waals surface area contributed by atoms with Crippen molar-refractivity contribution in [2.75, 3.05) is 0 Å². The van der Waals surface area contributed by atoms with Gasteiger partial charge >= 0.3 is 0 Å². The van der Waals surface area contributed by atoms with E-state index in [1.54, 1.807) is 0 Å². The molecule has 2 aliphatic heterocycles. The fourth-order valence-electron chi connectivity index (χ4n) is 8.87. The van der Waals surface area contributed by atoms with E-state index in [1.165, 1.54) is 0 Å². The predicted octanol–water partition coefficient (Wildman–Crippen LogP) is 12.0. The van der Waals surface area contributed by atoms with Crippen LogP contribution in [0.4, 0.5) is 0 Å². The number of furan rings is 2. The lowest BCUT2D eigenvalue weighted by Gasteiger charge is -2.32. The maximum Gasteiger partial charge on any atom is 0.163 e. The molecule has 0 saturated carbocycles. The van der Waals surface area contributed by atoms with E-state index in [-0.39, 0.29) is 12.3 Å². The Labute approximate surface area is 357 Å². The molecule has 4 heterocycles. The van der Waals surface area contributed by atoms with Gasteiger partial charge in [0.15, 0.2) is 5.84 Å². The topological polar surface area (TPSA) is 99.5 Å². The van der Waals surface area contributed by atoms with E-state index in [0.717, 1.165) is 94.2 Å².